The first kappa shape index (κ1) is 27.0. The van der Waals surface area contributed by atoms with Crippen molar-refractivity contribution in [1.29, 1.82) is 0 Å². The van der Waals surface area contributed by atoms with Gasteiger partial charge in [0.2, 0.25) is 11.8 Å². The van der Waals surface area contributed by atoms with Crippen LogP contribution in [0, 0.1) is 5.82 Å². The van der Waals surface area contributed by atoms with E-state index in [-0.39, 0.29) is 17.6 Å². The molecular formula is C29H32FN5O3. The number of carbonyl (C=O) groups excluding carboxylic acids is 2. The van der Waals surface area contributed by atoms with Gasteiger partial charge in [0.1, 0.15) is 11.9 Å². The Morgan fingerprint density at radius 2 is 1.68 bits per heavy atom. The minimum absolute atomic E-state index is 0.248. The van der Waals surface area contributed by atoms with E-state index >= 15 is 0 Å². The summed E-state index contributed by atoms with van der Waals surface area (Å²) in [6.07, 6.45) is 3.12. The number of hydrogen-bond donors (Lipinski definition) is 4. The van der Waals surface area contributed by atoms with Gasteiger partial charge in [0.25, 0.3) is 0 Å². The molecule has 1 aliphatic rings. The Hall–Kier alpha value is -4.05. The number of hydrogen-bond acceptors (Lipinski definition) is 6. The minimum Gasteiger partial charge on any atom is -0.397 e. The van der Waals surface area contributed by atoms with Crippen LogP contribution in [0.1, 0.15) is 17.2 Å². The Kier molecular flexibility index (Phi) is 9.58. The standard InChI is InChI=1S/C29H32FN5O3/c30-23-10-12-24(13-11-23)33-29(37)28(32-15-16-35-17-19-38-20-18-35)22-8-5-21(6-9-22)7-14-27(36)34-26-4-2-1-3-25(26)31/h1-14,28,32H,15-20,31H2,(H,33,37)(H,34,36). The summed E-state index contributed by atoms with van der Waals surface area (Å²) in [4.78, 5) is 27.8. The molecule has 1 heterocycles. The molecule has 1 saturated heterocycles. The molecule has 0 aromatic heterocycles. The van der Waals surface area contributed by atoms with Crippen LogP contribution in [-0.4, -0.2) is 56.1 Å². The van der Waals surface area contributed by atoms with E-state index in [4.69, 9.17) is 10.5 Å². The highest BCUT2D eigenvalue weighted by molar-refractivity contribution is 6.03. The summed E-state index contributed by atoms with van der Waals surface area (Å²) < 4.78 is 18.7. The minimum atomic E-state index is -0.622. The Morgan fingerprint density at radius 3 is 2.39 bits per heavy atom. The number of anilines is 3. The zero-order valence-electron chi connectivity index (χ0n) is 21.0. The van der Waals surface area contributed by atoms with Gasteiger partial charge in [-0.3, -0.25) is 14.5 Å². The van der Waals surface area contributed by atoms with Crippen LogP contribution >= 0.6 is 0 Å². The number of ether oxygens (including phenoxy) is 1. The maximum atomic E-state index is 13.3. The SMILES string of the molecule is Nc1ccccc1NC(=O)C=Cc1ccc(C(NCCN2CCOCC2)C(=O)Nc2ccc(F)cc2)cc1. The largest absolute Gasteiger partial charge is 0.397 e. The average Bonchev–Trinajstić information content (AvgIpc) is 2.93. The Labute approximate surface area is 221 Å². The molecule has 8 nitrogen and oxygen atoms in total. The first-order chi connectivity index (χ1) is 18.5. The van der Waals surface area contributed by atoms with Gasteiger partial charge in [0.15, 0.2) is 0 Å². The number of nitrogen functional groups attached to an aromatic ring is 1. The van der Waals surface area contributed by atoms with Gasteiger partial charge in [-0.25, -0.2) is 4.39 Å². The van der Waals surface area contributed by atoms with E-state index in [0.717, 1.165) is 30.8 Å². The van der Waals surface area contributed by atoms with E-state index in [0.29, 0.717) is 36.8 Å². The van der Waals surface area contributed by atoms with Crippen molar-refractivity contribution in [2.24, 2.45) is 0 Å². The van der Waals surface area contributed by atoms with Crippen LogP contribution < -0.4 is 21.7 Å². The second-order valence-electron chi connectivity index (χ2n) is 8.91. The monoisotopic (exact) mass is 517 g/mol. The Morgan fingerprint density at radius 1 is 0.974 bits per heavy atom. The maximum absolute atomic E-state index is 13.3. The highest BCUT2D eigenvalue weighted by atomic mass is 19.1. The molecule has 4 rings (SSSR count). The van der Waals surface area contributed by atoms with Crippen LogP contribution in [0.15, 0.2) is 78.9 Å². The summed E-state index contributed by atoms with van der Waals surface area (Å²) >= 11 is 0. The van der Waals surface area contributed by atoms with Crippen molar-refractivity contribution in [1.82, 2.24) is 10.2 Å². The fourth-order valence-electron chi connectivity index (χ4n) is 4.06. The zero-order chi connectivity index (χ0) is 26.7. The molecule has 0 radical (unpaired) electrons. The summed E-state index contributed by atoms with van der Waals surface area (Å²) in [6, 6.07) is 19.5. The third kappa shape index (κ3) is 7.97. The zero-order valence-corrected chi connectivity index (χ0v) is 21.0. The molecule has 0 spiro atoms. The maximum Gasteiger partial charge on any atom is 0.248 e. The van der Waals surface area contributed by atoms with Crippen molar-refractivity contribution in [3.63, 3.8) is 0 Å². The van der Waals surface area contributed by atoms with Gasteiger partial charge in [-0.05, 0) is 53.6 Å². The van der Waals surface area contributed by atoms with Crippen LogP contribution in [0.2, 0.25) is 0 Å². The first-order valence-electron chi connectivity index (χ1n) is 12.5. The molecule has 9 heteroatoms. The number of nitrogens with zero attached hydrogens (tertiary/aromatic N) is 1. The van der Waals surface area contributed by atoms with Crippen molar-refractivity contribution in [3.05, 3.63) is 95.8 Å². The van der Waals surface area contributed by atoms with E-state index in [1.54, 1.807) is 30.3 Å². The molecule has 1 unspecified atom stereocenters. The number of halogens is 1. The van der Waals surface area contributed by atoms with Crippen LogP contribution in [-0.2, 0) is 14.3 Å². The van der Waals surface area contributed by atoms with E-state index in [1.807, 2.05) is 24.3 Å². The summed E-state index contributed by atoms with van der Waals surface area (Å²) in [5.41, 5.74) is 9.00. The van der Waals surface area contributed by atoms with Gasteiger partial charge < -0.3 is 26.4 Å². The molecule has 0 bridgehead atoms. The lowest BCUT2D eigenvalue weighted by Gasteiger charge is -2.27. The average molecular weight is 518 g/mol. The summed E-state index contributed by atoms with van der Waals surface area (Å²) in [6.45, 7) is 4.52. The molecular weight excluding hydrogens is 485 g/mol. The first-order valence-corrected chi connectivity index (χ1v) is 12.5. The van der Waals surface area contributed by atoms with Gasteiger partial charge >= 0.3 is 0 Å². The van der Waals surface area contributed by atoms with Gasteiger partial charge in [0.05, 0.1) is 24.6 Å². The van der Waals surface area contributed by atoms with Crippen LogP contribution in [0.25, 0.3) is 6.08 Å². The predicted molar refractivity (Wildman–Crippen MR) is 148 cm³/mol. The van der Waals surface area contributed by atoms with Crippen LogP contribution in [0.3, 0.4) is 0 Å². The van der Waals surface area contributed by atoms with E-state index < -0.39 is 6.04 Å². The van der Waals surface area contributed by atoms with E-state index in [9.17, 15) is 14.0 Å². The molecule has 2 amide bonds. The second-order valence-corrected chi connectivity index (χ2v) is 8.91. The number of benzene rings is 3. The Bertz CT molecular complexity index is 1240. The quantitative estimate of drug-likeness (QED) is 0.242. The van der Waals surface area contributed by atoms with Crippen LogP contribution in [0.5, 0.6) is 0 Å². The Balaban J connectivity index is 1.41. The molecule has 198 valence electrons. The molecule has 0 aliphatic carbocycles. The van der Waals surface area contributed by atoms with Crippen molar-refractivity contribution in [2.45, 2.75) is 6.04 Å². The van der Waals surface area contributed by atoms with Crippen molar-refractivity contribution >= 4 is 35.0 Å². The summed E-state index contributed by atoms with van der Waals surface area (Å²) in [5, 5.41) is 8.97. The van der Waals surface area contributed by atoms with E-state index in [1.165, 1.54) is 30.3 Å². The number of para-hydroxylation sites is 2. The predicted octanol–water partition coefficient (Wildman–Crippen LogP) is 3.66. The summed E-state index contributed by atoms with van der Waals surface area (Å²) in [5.74, 6) is -0.914. The van der Waals surface area contributed by atoms with Crippen molar-refractivity contribution in [2.75, 3.05) is 55.8 Å². The molecule has 0 saturated carbocycles. The van der Waals surface area contributed by atoms with Crippen molar-refractivity contribution in [3.8, 4) is 0 Å². The molecule has 3 aromatic rings. The lowest BCUT2D eigenvalue weighted by molar-refractivity contribution is -0.118. The topological polar surface area (TPSA) is 109 Å². The normalized spacial score (nSPS) is 14.8. The summed E-state index contributed by atoms with van der Waals surface area (Å²) in [7, 11) is 0. The fraction of sp³-hybridized carbons (Fsp3) is 0.241. The van der Waals surface area contributed by atoms with E-state index in [2.05, 4.69) is 20.9 Å². The highest BCUT2D eigenvalue weighted by Gasteiger charge is 2.21. The molecule has 5 N–H and O–H groups in total. The van der Waals surface area contributed by atoms with Gasteiger partial charge in [-0.15, -0.1) is 0 Å². The molecule has 38 heavy (non-hydrogen) atoms. The smallest absolute Gasteiger partial charge is 0.248 e. The second kappa shape index (κ2) is 13.5. The van der Waals surface area contributed by atoms with Gasteiger partial charge in [-0.2, -0.15) is 0 Å². The number of nitrogens with two attached hydrogens (primary N) is 1. The lowest BCUT2D eigenvalue weighted by Crippen LogP contribution is -2.42. The third-order valence-corrected chi connectivity index (χ3v) is 6.17. The molecule has 3 aromatic carbocycles. The fourth-order valence-corrected chi connectivity index (χ4v) is 4.06. The molecule has 1 fully saturated rings. The number of carbonyl (C=O) groups is 2. The van der Waals surface area contributed by atoms with Gasteiger partial charge in [0, 0.05) is 37.9 Å². The number of nitrogens with one attached hydrogen (secondary N) is 3. The lowest BCUT2D eigenvalue weighted by atomic mass is 10.0. The van der Waals surface area contributed by atoms with Crippen LogP contribution in [0.4, 0.5) is 21.5 Å². The van der Waals surface area contributed by atoms with Crippen molar-refractivity contribution < 1.29 is 18.7 Å². The third-order valence-electron chi connectivity index (χ3n) is 6.17. The molecule has 1 aliphatic heterocycles. The number of rotatable bonds is 10. The van der Waals surface area contributed by atoms with Gasteiger partial charge in [-0.1, -0.05) is 36.4 Å². The number of amides is 2. The number of morpholine rings is 1. The highest BCUT2D eigenvalue weighted by Crippen LogP contribution is 2.19. The molecule has 1 atom stereocenters.